The van der Waals surface area contributed by atoms with Gasteiger partial charge < -0.3 is 10.4 Å². The number of H-pyrrole nitrogens is 1. The molecule has 0 amide bonds. The van der Waals surface area contributed by atoms with Gasteiger partial charge in [-0.25, -0.2) is 4.79 Å². The van der Waals surface area contributed by atoms with Crippen LogP contribution in [0.25, 0.3) is 5.57 Å². The first kappa shape index (κ1) is 14.5. The average Bonchev–Trinajstić information content (AvgIpc) is 2.96. The molecule has 8 nitrogen and oxygen atoms in total. The third-order valence-electron chi connectivity index (χ3n) is 2.61. The lowest BCUT2D eigenvalue weighted by Gasteiger charge is -2.08. The fourth-order valence-corrected chi connectivity index (χ4v) is 1.71. The van der Waals surface area contributed by atoms with Crippen molar-refractivity contribution < 1.29 is 9.90 Å². The monoisotopic (exact) mass is 304 g/mol. The van der Waals surface area contributed by atoms with E-state index < -0.39 is 5.97 Å². The van der Waals surface area contributed by atoms with E-state index in [1.807, 2.05) is 6.07 Å². The van der Waals surface area contributed by atoms with Gasteiger partial charge >= 0.3 is 5.97 Å². The van der Waals surface area contributed by atoms with Crippen LogP contribution in [0.5, 0.6) is 0 Å². The van der Waals surface area contributed by atoms with Gasteiger partial charge in [0.2, 0.25) is 5.82 Å². The van der Waals surface area contributed by atoms with Crippen LogP contribution in [0, 0.1) is 18.3 Å². The molecule has 0 atom stereocenters. The van der Waals surface area contributed by atoms with Gasteiger partial charge in [-0.05, 0) is 29.8 Å². The number of nitrogens with one attached hydrogen (secondary N) is 2. The fraction of sp³-hybridized carbons (Fsp3) is 0.0833. The molecule has 0 saturated heterocycles. The summed E-state index contributed by atoms with van der Waals surface area (Å²) in [6.45, 7) is 1.70. The van der Waals surface area contributed by atoms with Gasteiger partial charge in [0.25, 0.3) is 0 Å². The molecule has 0 radical (unpaired) electrons. The van der Waals surface area contributed by atoms with Gasteiger partial charge in [-0.3, -0.25) is 0 Å². The lowest BCUT2D eigenvalue weighted by atomic mass is 10.1. The van der Waals surface area contributed by atoms with Crippen molar-refractivity contribution in [2.75, 3.05) is 5.32 Å². The van der Waals surface area contributed by atoms with E-state index in [4.69, 9.17) is 16.9 Å². The lowest BCUT2D eigenvalue weighted by molar-refractivity contribution is 0.0698. The lowest BCUT2D eigenvalue weighted by Crippen LogP contribution is -2.04. The number of anilines is 1. The van der Waals surface area contributed by atoms with Crippen LogP contribution in [0.1, 0.15) is 21.7 Å². The molecule has 0 saturated carbocycles. The molecule has 9 heteroatoms. The Labute approximate surface area is 124 Å². The number of carboxylic acid groups (broad SMARTS) is 1. The summed E-state index contributed by atoms with van der Waals surface area (Å²) >= 11 is 5.98. The summed E-state index contributed by atoms with van der Waals surface area (Å²) in [5, 5.41) is 34.3. The van der Waals surface area contributed by atoms with E-state index in [2.05, 4.69) is 25.9 Å². The molecule has 0 fully saturated rings. The standard InChI is InChI=1S/C12H9ClN6O2/c1-6-2-8(12(20)21)10(3-9(6)13)15-5-7(4-14)11-16-18-19-17-11/h2-3,5,15H,1H3,(H,20,21)(H,16,17,18,19). The molecule has 0 aliphatic rings. The number of benzene rings is 1. The molecule has 0 aliphatic carbocycles. The average molecular weight is 305 g/mol. The molecule has 3 N–H and O–H groups in total. The zero-order valence-corrected chi connectivity index (χ0v) is 11.5. The first-order chi connectivity index (χ1) is 10.0. The maximum Gasteiger partial charge on any atom is 0.337 e. The van der Waals surface area contributed by atoms with E-state index in [0.29, 0.717) is 10.6 Å². The summed E-state index contributed by atoms with van der Waals surface area (Å²) in [5.41, 5.74) is 1.03. The van der Waals surface area contributed by atoms with Crippen molar-refractivity contribution >= 4 is 28.8 Å². The highest BCUT2D eigenvalue weighted by Crippen LogP contribution is 2.25. The van der Waals surface area contributed by atoms with E-state index in [1.54, 1.807) is 6.92 Å². The van der Waals surface area contributed by atoms with Gasteiger partial charge in [0.05, 0.1) is 11.3 Å². The SMILES string of the molecule is Cc1cc(C(=O)O)c(NC=C(C#N)c2nn[nH]n2)cc1Cl. The predicted octanol–water partition coefficient (Wildman–Crippen LogP) is 1.84. The highest BCUT2D eigenvalue weighted by molar-refractivity contribution is 6.31. The topological polar surface area (TPSA) is 128 Å². The minimum Gasteiger partial charge on any atom is -0.478 e. The molecule has 106 valence electrons. The summed E-state index contributed by atoms with van der Waals surface area (Å²) in [5.74, 6) is -1.01. The molecule has 2 aromatic rings. The summed E-state index contributed by atoms with van der Waals surface area (Å²) < 4.78 is 0. The highest BCUT2D eigenvalue weighted by Gasteiger charge is 2.13. The van der Waals surface area contributed by atoms with Crippen molar-refractivity contribution in [2.24, 2.45) is 0 Å². The number of nitriles is 1. The van der Waals surface area contributed by atoms with Crippen LogP contribution in [0.2, 0.25) is 5.02 Å². The van der Waals surface area contributed by atoms with Gasteiger partial charge in [0, 0.05) is 11.2 Å². The van der Waals surface area contributed by atoms with Crippen molar-refractivity contribution in [2.45, 2.75) is 6.92 Å². The van der Waals surface area contributed by atoms with E-state index in [9.17, 15) is 9.90 Å². The van der Waals surface area contributed by atoms with Crippen molar-refractivity contribution in [3.8, 4) is 6.07 Å². The second-order valence-corrected chi connectivity index (χ2v) is 4.41. The highest BCUT2D eigenvalue weighted by atomic mass is 35.5. The van der Waals surface area contributed by atoms with Crippen LogP contribution in [0.3, 0.4) is 0 Å². The zero-order chi connectivity index (χ0) is 15.4. The zero-order valence-electron chi connectivity index (χ0n) is 10.8. The Hall–Kier alpha value is -2.92. The number of aromatic amines is 1. The Kier molecular flexibility index (Phi) is 4.15. The maximum absolute atomic E-state index is 11.2. The first-order valence-electron chi connectivity index (χ1n) is 5.67. The number of hydrogen-bond donors (Lipinski definition) is 3. The van der Waals surface area contributed by atoms with Crippen molar-refractivity contribution in [1.82, 2.24) is 20.6 Å². The number of nitrogens with zero attached hydrogens (tertiary/aromatic N) is 4. The van der Waals surface area contributed by atoms with E-state index >= 15 is 0 Å². The number of halogens is 1. The Bertz CT molecular complexity index is 748. The Morgan fingerprint density at radius 2 is 2.33 bits per heavy atom. The van der Waals surface area contributed by atoms with Gasteiger partial charge in [0.1, 0.15) is 11.6 Å². The van der Waals surface area contributed by atoms with Crippen LogP contribution in [-0.2, 0) is 0 Å². The van der Waals surface area contributed by atoms with E-state index in [-0.39, 0.29) is 22.6 Å². The molecular formula is C12H9ClN6O2. The molecule has 21 heavy (non-hydrogen) atoms. The molecule has 0 aliphatic heterocycles. The van der Waals surface area contributed by atoms with Crippen molar-refractivity contribution in [1.29, 1.82) is 5.26 Å². The van der Waals surface area contributed by atoms with Crippen LogP contribution >= 0.6 is 11.6 Å². The number of hydrogen-bond acceptors (Lipinski definition) is 6. The Morgan fingerprint density at radius 3 is 2.90 bits per heavy atom. The smallest absolute Gasteiger partial charge is 0.337 e. The fourth-order valence-electron chi connectivity index (χ4n) is 1.55. The van der Waals surface area contributed by atoms with Crippen molar-refractivity contribution in [3.63, 3.8) is 0 Å². The normalized spacial score (nSPS) is 11.0. The Balaban J connectivity index is 2.38. The maximum atomic E-state index is 11.2. The number of carboxylic acids is 1. The molecule has 1 heterocycles. The third-order valence-corrected chi connectivity index (χ3v) is 3.02. The Morgan fingerprint density at radius 1 is 1.57 bits per heavy atom. The first-order valence-corrected chi connectivity index (χ1v) is 6.04. The molecule has 1 aromatic heterocycles. The third kappa shape index (κ3) is 3.16. The number of allylic oxidation sites excluding steroid dienone is 1. The number of aryl methyl sites for hydroxylation is 1. The molecular weight excluding hydrogens is 296 g/mol. The van der Waals surface area contributed by atoms with Crippen molar-refractivity contribution in [3.05, 3.63) is 40.3 Å². The summed E-state index contributed by atoms with van der Waals surface area (Å²) in [6, 6.07) is 4.80. The minimum atomic E-state index is -1.11. The molecule has 1 aromatic carbocycles. The number of carbonyl (C=O) groups is 1. The van der Waals surface area contributed by atoms with Crippen LogP contribution in [-0.4, -0.2) is 31.7 Å². The van der Waals surface area contributed by atoms with E-state index in [1.165, 1.54) is 18.3 Å². The summed E-state index contributed by atoms with van der Waals surface area (Å²) in [7, 11) is 0. The predicted molar refractivity (Wildman–Crippen MR) is 74.5 cm³/mol. The van der Waals surface area contributed by atoms with Crippen LogP contribution < -0.4 is 5.32 Å². The minimum absolute atomic E-state index is 0.0403. The molecule has 0 spiro atoms. The molecule has 2 rings (SSSR count). The van der Waals surface area contributed by atoms with Gasteiger partial charge in [-0.2, -0.15) is 10.5 Å². The van der Waals surface area contributed by atoms with Gasteiger partial charge in [0.15, 0.2) is 0 Å². The largest absolute Gasteiger partial charge is 0.478 e. The summed E-state index contributed by atoms with van der Waals surface area (Å²) in [4.78, 5) is 11.2. The van der Waals surface area contributed by atoms with Crippen LogP contribution in [0.4, 0.5) is 5.69 Å². The molecule has 0 unspecified atom stereocenters. The second-order valence-electron chi connectivity index (χ2n) is 4.00. The second kappa shape index (κ2) is 6.02. The number of aromatic carboxylic acids is 1. The number of rotatable bonds is 4. The quantitative estimate of drug-likeness (QED) is 0.735. The summed E-state index contributed by atoms with van der Waals surface area (Å²) in [6.07, 6.45) is 1.29. The van der Waals surface area contributed by atoms with Gasteiger partial charge in [-0.1, -0.05) is 11.6 Å². The van der Waals surface area contributed by atoms with E-state index in [0.717, 1.165) is 0 Å². The number of aromatic nitrogens is 4. The van der Waals surface area contributed by atoms with Crippen LogP contribution in [0.15, 0.2) is 18.3 Å². The molecule has 0 bridgehead atoms. The number of tetrazole rings is 1. The van der Waals surface area contributed by atoms with Gasteiger partial charge in [-0.15, -0.1) is 10.2 Å².